The molecule has 0 fully saturated rings. The smallest absolute Gasteiger partial charge is 0.310 e. The van der Waals surface area contributed by atoms with E-state index < -0.39 is 5.97 Å². The van der Waals surface area contributed by atoms with E-state index in [1.807, 2.05) is 66.9 Å². The van der Waals surface area contributed by atoms with Gasteiger partial charge in [-0.1, -0.05) is 48.5 Å². The highest BCUT2D eigenvalue weighted by Crippen LogP contribution is 2.07. The van der Waals surface area contributed by atoms with Crippen molar-refractivity contribution in [2.24, 2.45) is 0 Å². The van der Waals surface area contributed by atoms with Gasteiger partial charge in [0.05, 0.1) is 18.3 Å². The van der Waals surface area contributed by atoms with Crippen molar-refractivity contribution in [3.05, 3.63) is 84.2 Å². The minimum atomic E-state index is -0.428. The fourth-order valence-electron chi connectivity index (χ4n) is 2.38. The van der Waals surface area contributed by atoms with Crippen molar-refractivity contribution in [1.29, 1.82) is 0 Å². The predicted molar refractivity (Wildman–Crippen MR) is 96.5 cm³/mol. The summed E-state index contributed by atoms with van der Waals surface area (Å²) in [6.45, 7) is 0.0282. The summed E-state index contributed by atoms with van der Waals surface area (Å²) in [6, 6.07) is 19.0. The van der Waals surface area contributed by atoms with Gasteiger partial charge in [-0.05, 0) is 17.7 Å². The third kappa shape index (κ3) is 5.04. The molecule has 0 unspecified atom stereocenters. The van der Waals surface area contributed by atoms with Crippen molar-refractivity contribution in [2.45, 2.75) is 13.0 Å². The van der Waals surface area contributed by atoms with E-state index in [4.69, 9.17) is 4.74 Å². The summed E-state index contributed by atoms with van der Waals surface area (Å²) in [6.07, 6.45) is 3.68. The molecule has 1 aromatic heterocycles. The maximum Gasteiger partial charge on any atom is 0.310 e. The maximum atomic E-state index is 11.8. The van der Waals surface area contributed by atoms with Crippen LogP contribution in [0.4, 0.5) is 0 Å². The molecule has 26 heavy (non-hydrogen) atoms. The number of carbonyl (C=O) groups excluding carboxylic acids is 2. The molecule has 6 nitrogen and oxygen atoms in total. The zero-order chi connectivity index (χ0) is 18.2. The van der Waals surface area contributed by atoms with E-state index >= 15 is 0 Å². The lowest BCUT2D eigenvalue weighted by molar-refractivity contribution is -0.147. The van der Waals surface area contributed by atoms with Gasteiger partial charge in [0.15, 0.2) is 6.61 Å². The Morgan fingerprint density at radius 2 is 1.65 bits per heavy atom. The van der Waals surface area contributed by atoms with Gasteiger partial charge in [0, 0.05) is 18.3 Å². The molecule has 0 spiro atoms. The van der Waals surface area contributed by atoms with Crippen molar-refractivity contribution in [2.75, 3.05) is 6.61 Å². The van der Waals surface area contributed by atoms with E-state index in [0.717, 1.165) is 16.8 Å². The van der Waals surface area contributed by atoms with Crippen LogP contribution in [0, 0.1) is 0 Å². The summed E-state index contributed by atoms with van der Waals surface area (Å²) in [7, 11) is 0. The summed E-state index contributed by atoms with van der Waals surface area (Å²) in [5.74, 6) is -0.776. The predicted octanol–water partition coefficient (Wildman–Crippen LogP) is 2.27. The quantitative estimate of drug-likeness (QED) is 0.664. The summed E-state index contributed by atoms with van der Waals surface area (Å²) in [5.41, 5.74) is 2.66. The lowest BCUT2D eigenvalue weighted by atomic mass is 10.2. The Kier molecular flexibility index (Phi) is 5.77. The minimum absolute atomic E-state index is 0.151. The molecule has 1 heterocycles. The third-order valence-electron chi connectivity index (χ3n) is 3.70. The van der Waals surface area contributed by atoms with E-state index in [2.05, 4.69) is 10.4 Å². The van der Waals surface area contributed by atoms with Crippen LogP contribution < -0.4 is 5.32 Å². The van der Waals surface area contributed by atoms with Crippen LogP contribution in [0.3, 0.4) is 0 Å². The average molecular weight is 349 g/mol. The van der Waals surface area contributed by atoms with Gasteiger partial charge in [0.25, 0.3) is 5.91 Å². The average Bonchev–Trinajstić information content (AvgIpc) is 3.15. The molecule has 0 atom stereocenters. The van der Waals surface area contributed by atoms with Gasteiger partial charge >= 0.3 is 5.97 Å². The number of nitrogens with one attached hydrogen (secondary N) is 1. The number of ether oxygens (including phenoxy) is 1. The summed E-state index contributed by atoms with van der Waals surface area (Å²) >= 11 is 0. The zero-order valence-corrected chi connectivity index (χ0v) is 14.2. The van der Waals surface area contributed by atoms with E-state index in [1.165, 1.54) is 0 Å². The largest absolute Gasteiger partial charge is 0.455 e. The molecule has 3 aromatic rings. The van der Waals surface area contributed by atoms with Crippen LogP contribution in [0.2, 0.25) is 0 Å². The van der Waals surface area contributed by atoms with Gasteiger partial charge in [0.2, 0.25) is 0 Å². The van der Waals surface area contributed by atoms with Crippen LogP contribution in [0.1, 0.15) is 11.1 Å². The van der Waals surface area contributed by atoms with Gasteiger partial charge in [-0.25, -0.2) is 4.68 Å². The third-order valence-corrected chi connectivity index (χ3v) is 3.70. The Bertz CT molecular complexity index is 860. The van der Waals surface area contributed by atoms with Crippen LogP contribution in [0.15, 0.2) is 73.1 Å². The Labute approximate surface area is 151 Å². The van der Waals surface area contributed by atoms with E-state index in [0.29, 0.717) is 6.54 Å². The second-order valence-corrected chi connectivity index (χ2v) is 5.73. The molecule has 2 aromatic carbocycles. The SMILES string of the molecule is O=C(COC(=O)Cc1ccccc1)NCc1cnn(-c2ccccc2)c1. The number of para-hydroxylation sites is 1. The van der Waals surface area contributed by atoms with E-state index in [9.17, 15) is 9.59 Å². The van der Waals surface area contributed by atoms with Crippen molar-refractivity contribution in [1.82, 2.24) is 15.1 Å². The highest BCUT2D eigenvalue weighted by molar-refractivity contribution is 5.81. The Morgan fingerprint density at radius 1 is 0.962 bits per heavy atom. The number of amides is 1. The minimum Gasteiger partial charge on any atom is -0.455 e. The summed E-state index contributed by atoms with van der Waals surface area (Å²) < 4.78 is 6.74. The Balaban J connectivity index is 1.42. The second kappa shape index (κ2) is 8.62. The van der Waals surface area contributed by atoms with Crippen LogP contribution in [0.25, 0.3) is 5.69 Å². The van der Waals surface area contributed by atoms with Crippen molar-refractivity contribution in [3.8, 4) is 5.69 Å². The van der Waals surface area contributed by atoms with Crippen LogP contribution in [-0.4, -0.2) is 28.3 Å². The molecule has 0 radical (unpaired) electrons. The molecule has 3 rings (SSSR count). The van der Waals surface area contributed by atoms with Crippen molar-refractivity contribution in [3.63, 3.8) is 0 Å². The fourth-order valence-corrected chi connectivity index (χ4v) is 2.38. The van der Waals surface area contributed by atoms with Gasteiger partial charge < -0.3 is 10.1 Å². The molecule has 0 aliphatic carbocycles. The molecule has 1 amide bonds. The molecular formula is C20H19N3O3. The van der Waals surface area contributed by atoms with Crippen LogP contribution in [-0.2, 0) is 27.3 Å². The first-order valence-electron chi connectivity index (χ1n) is 8.26. The second-order valence-electron chi connectivity index (χ2n) is 5.73. The molecule has 0 saturated heterocycles. The maximum absolute atomic E-state index is 11.8. The van der Waals surface area contributed by atoms with Crippen molar-refractivity contribution < 1.29 is 14.3 Å². The lowest BCUT2D eigenvalue weighted by Gasteiger charge is -2.06. The Hall–Kier alpha value is -3.41. The van der Waals surface area contributed by atoms with Gasteiger partial charge in [-0.15, -0.1) is 0 Å². The monoisotopic (exact) mass is 349 g/mol. The molecule has 132 valence electrons. The first kappa shape index (κ1) is 17.4. The molecule has 0 aliphatic rings. The number of rotatable bonds is 7. The first-order chi connectivity index (χ1) is 12.7. The van der Waals surface area contributed by atoms with Gasteiger partial charge in [-0.2, -0.15) is 5.10 Å². The summed E-state index contributed by atoms with van der Waals surface area (Å²) in [5, 5.41) is 6.98. The number of hydrogen-bond donors (Lipinski definition) is 1. The number of aromatic nitrogens is 2. The molecule has 0 bridgehead atoms. The lowest BCUT2D eigenvalue weighted by Crippen LogP contribution is -2.28. The molecular weight excluding hydrogens is 330 g/mol. The topological polar surface area (TPSA) is 73.2 Å². The number of carbonyl (C=O) groups is 2. The molecule has 1 N–H and O–H groups in total. The summed E-state index contributed by atoms with van der Waals surface area (Å²) in [4.78, 5) is 23.6. The number of esters is 1. The van der Waals surface area contributed by atoms with E-state index in [1.54, 1.807) is 10.9 Å². The van der Waals surface area contributed by atoms with E-state index in [-0.39, 0.29) is 18.9 Å². The normalized spacial score (nSPS) is 10.3. The fraction of sp³-hybridized carbons (Fsp3) is 0.150. The number of nitrogens with zero attached hydrogens (tertiary/aromatic N) is 2. The highest BCUT2D eigenvalue weighted by Gasteiger charge is 2.09. The van der Waals surface area contributed by atoms with Gasteiger partial charge in [-0.3, -0.25) is 9.59 Å². The molecule has 6 heteroatoms. The number of benzene rings is 2. The number of hydrogen-bond acceptors (Lipinski definition) is 4. The molecule has 0 aliphatic heterocycles. The first-order valence-corrected chi connectivity index (χ1v) is 8.26. The van der Waals surface area contributed by atoms with Crippen LogP contribution in [0.5, 0.6) is 0 Å². The highest BCUT2D eigenvalue weighted by atomic mass is 16.5. The van der Waals surface area contributed by atoms with Crippen LogP contribution >= 0.6 is 0 Å². The van der Waals surface area contributed by atoms with Crippen molar-refractivity contribution >= 4 is 11.9 Å². The Morgan fingerprint density at radius 3 is 2.38 bits per heavy atom. The zero-order valence-electron chi connectivity index (χ0n) is 14.2. The standard InChI is InChI=1S/C20H19N3O3/c24-19(15-26-20(25)11-16-7-3-1-4-8-16)21-12-17-13-22-23(14-17)18-9-5-2-6-10-18/h1-10,13-14H,11-12,15H2,(H,21,24). The van der Waals surface area contributed by atoms with Gasteiger partial charge in [0.1, 0.15) is 0 Å². The molecule has 0 saturated carbocycles.